The normalized spacial score (nSPS) is 18.2. The Bertz CT molecular complexity index is 967. The summed E-state index contributed by atoms with van der Waals surface area (Å²) in [4.78, 5) is 14.4. The molecule has 1 atom stereocenters. The first-order chi connectivity index (χ1) is 12.5. The van der Waals surface area contributed by atoms with E-state index in [1.165, 1.54) is 0 Å². The number of morpholine rings is 1. The van der Waals surface area contributed by atoms with Gasteiger partial charge >= 0.3 is 0 Å². The smallest absolute Gasteiger partial charge is 0.229 e. The van der Waals surface area contributed by atoms with Crippen molar-refractivity contribution in [1.29, 1.82) is 5.26 Å². The van der Waals surface area contributed by atoms with Gasteiger partial charge in [0.05, 0.1) is 36.9 Å². The average Bonchev–Trinajstić information content (AvgIpc) is 3.30. The monoisotopic (exact) mass is 351 g/mol. The van der Waals surface area contributed by atoms with Gasteiger partial charge in [0.2, 0.25) is 5.95 Å². The molecule has 3 aromatic heterocycles. The van der Waals surface area contributed by atoms with E-state index >= 15 is 0 Å². The molecule has 0 radical (unpaired) electrons. The third kappa shape index (κ3) is 2.61. The van der Waals surface area contributed by atoms with Crippen LogP contribution in [0.1, 0.15) is 26.3 Å². The number of nitrogens with zero attached hydrogens (tertiary/aromatic N) is 6. The molecule has 8 nitrogen and oxygen atoms in total. The fraction of sp³-hybridized carbons (Fsp3) is 0.444. The highest BCUT2D eigenvalue weighted by Crippen LogP contribution is 2.33. The molecule has 1 fully saturated rings. The highest BCUT2D eigenvalue weighted by molar-refractivity contribution is 5.83. The van der Waals surface area contributed by atoms with E-state index in [9.17, 15) is 5.26 Å². The van der Waals surface area contributed by atoms with Crippen LogP contribution in [0.3, 0.4) is 0 Å². The summed E-state index contributed by atoms with van der Waals surface area (Å²) in [5, 5.41) is 15.0. The molecule has 0 saturated carbocycles. The third-order valence-electron chi connectivity index (χ3n) is 4.83. The Labute approximate surface area is 151 Å². The van der Waals surface area contributed by atoms with E-state index in [0.717, 1.165) is 23.3 Å². The van der Waals surface area contributed by atoms with Gasteiger partial charge in [-0.15, -0.1) is 0 Å². The van der Waals surface area contributed by atoms with Gasteiger partial charge in [0.15, 0.2) is 5.65 Å². The van der Waals surface area contributed by atoms with Crippen molar-refractivity contribution < 1.29 is 4.74 Å². The summed E-state index contributed by atoms with van der Waals surface area (Å²) in [6, 6.07) is 4.63. The van der Waals surface area contributed by atoms with Crippen molar-refractivity contribution in [2.75, 3.05) is 24.7 Å². The summed E-state index contributed by atoms with van der Waals surface area (Å²) in [6.45, 7) is 8.04. The van der Waals surface area contributed by atoms with Crippen LogP contribution in [0.5, 0.6) is 0 Å². The summed E-state index contributed by atoms with van der Waals surface area (Å²) >= 11 is 0. The van der Waals surface area contributed by atoms with Gasteiger partial charge in [-0.3, -0.25) is 0 Å². The van der Waals surface area contributed by atoms with Crippen LogP contribution in [0.25, 0.3) is 17.0 Å². The first-order valence-corrected chi connectivity index (χ1v) is 8.66. The number of H-pyrrole nitrogens is 1. The maximum absolute atomic E-state index is 9.70. The van der Waals surface area contributed by atoms with E-state index in [1.54, 1.807) is 23.3 Å². The SMILES string of the molecule is C[C@@H]1COCCN1c1cc(C(C)(C)C#N)c2cnn(-c3ncc[nH]3)c2n1. The summed E-state index contributed by atoms with van der Waals surface area (Å²) in [6.07, 6.45) is 5.18. The predicted octanol–water partition coefficient (Wildman–Crippen LogP) is 2.17. The topological polar surface area (TPSA) is 95.6 Å². The second-order valence-corrected chi connectivity index (χ2v) is 7.09. The molecule has 0 aliphatic carbocycles. The average molecular weight is 351 g/mol. The molecule has 0 unspecified atom stereocenters. The highest BCUT2D eigenvalue weighted by atomic mass is 16.5. The van der Waals surface area contributed by atoms with E-state index in [1.807, 2.05) is 19.9 Å². The lowest BCUT2D eigenvalue weighted by Crippen LogP contribution is -2.44. The Morgan fingerprint density at radius 1 is 1.42 bits per heavy atom. The summed E-state index contributed by atoms with van der Waals surface area (Å²) in [5.41, 5.74) is 0.939. The largest absolute Gasteiger partial charge is 0.377 e. The Hall–Kier alpha value is -2.92. The van der Waals surface area contributed by atoms with Gasteiger partial charge in [0.25, 0.3) is 0 Å². The molecule has 0 spiro atoms. The van der Waals surface area contributed by atoms with Crippen molar-refractivity contribution in [3.05, 3.63) is 30.2 Å². The first-order valence-electron chi connectivity index (χ1n) is 8.66. The van der Waals surface area contributed by atoms with Gasteiger partial charge in [-0.25, -0.2) is 9.97 Å². The number of rotatable bonds is 3. The second kappa shape index (κ2) is 6.11. The molecule has 26 heavy (non-hydrogen) atoms. The minimum atomic E-state index is -0.664. The maximum atomic E-state index is 9.70. The van der Waals surface area contributed by atoms with Gasteiger partial charge in [-0.1, -0.05) is 0 Å². The Morgan fingerprint density at radius 2 is 2.27 bits per heavy atom. The lowest BCUT2D eigenvalue weighted by molar-refractivity contribution is 0.0985. The van der Waals surface area contributed by atoms with Crippen LogP contribution in [-0.2, 0) is 10.2 Å². The van der Waals surface area contributed by atoms with Gasteiger partial charge in [-0.05, 0) is 32.4 Å². The minimum Gasteiger partial charge on any atom is -0.377 e. The van der Waals surface area contributed by atoms with Crippen molar-refractivity contribution in [1.82, 2.24) is 24.7 Å². The number of pyridine rings is 1. The van der Waals surface area contributed by atoms with Crippen molar-refractivity contribution in [3.8, 4) is 12.0 Å². The molecule has 1 aliphatic heterocycles. The second-order valence-electron chi connectivity index (χ2n) is 7.09. The molecule has 1 aliphatic rings. The van der Waals surface area contributed by atoms with Crippen LogP contribution < -0.4 is 4.90 Å². The predicted molar refractivity (Wildman–Crippen MR) is 97.3 cm³/mol. The fourth-order valence-corrected chi connectivity index (χ4v) is 3.31. The van der Waals surface area contributed by atoms with Crippen LogP contribution in [-0.4, -0.2) is 50.5 Å². The zero-order valence-corrected chi connectivity index (χ0v) is 15.1. The summed E-state index contributed by atoms with van der Waals surface area (Å²) < 4.78 is 7.23. The van der Waals surface area contributed by atoms with Crippen molar-refractivity contribution in [3.63, 3.8) is 0 Å². The molecule has 8 heteroatoms. The van der Waals surface area contributed by atoms with E-state index in [0.29, 0.717) is 24.8 Å². The maximum Gasteiger partial charge on any atom is 0.229 e. The Balaban J connectivity index is 1.96. The van der Waals surface area contributed by atoms with Crippen molar-refractivity contribution in [2.24, 2.45) is 0 Å². The number of imidazole rings is 1. The molecule has 4 rings (SSSR count). The number of nitrogens with one attached hydrogen (secondary N) is 1. The third-order valence-corrected chi connectivity index (χ3v) is 4.83. The molecule has 3 aromatic rings. The summed E-state index contributed by atoms with van der Waals surface area (Å²) in [7, 11) is 0. The number of nitriles is 1. The first kappa shape index (κ1) is 16.5. The van der Waals surface area contributed by atoms with Crippen molar-refractivity contribution in [2.45, 2.75) is 32.2 Å². The quantitative estimate of drug-likeness (QED) is 0.777. The number of fused-ring (bicyclic) bond motifs is 1. The molecule has 1 saturated heterocycles. The molecule has 0 amide bonds. The van der Waals surface area contributed by atoms with Crippen LogP contribution in [0, 0.1) is 11.3 Å². The molecule has 0 bridgehead atoms. The Kier molecular flexibility index (Phi) is 3.89. The van der Waals surface area contributed by atoms with E-state index in [-0.39, 0.29) is 6.04 Å². The van der Waals surface area contributed by atoms with Gasteiger partial charge in [0.1, 0.15) is 5.82 Å². The standard InChI is InChI=1S/C18H21N7O/c1-12-10-26-7-6-24(12)15-8-14(18(2,3)11-19)13-9-22-25(16(13)23-15)17-20-4-5-21-17/h4-5,8-9,12H,6-7,10H2,1-3H3,(H,20,21)/t12-/m1/s1. The minimum absolute atomic E-state index is 0.215. The molecular formula is C18H21N7O. The highest BCUT2D eigenvalue weighted by Gasteiger charge is 2.29. The Morgan fingerprint density at radius 3 is 2.96 bits per heavy atom. The van der Waals surface area contributed by atoms with Gasteiger partial charge < -0.3 is 14.6 Å². The number of hydrogen-bond acceptors (Lipinski definition) is 6. The van der Waals surface area contributed by atoms with Crippen LogP contribution in [0.2, 0.25) is 0 Å². The number of ether oxygens (including phenoxy) is 1. The lowest BCUT2D eigenvalue weighted by atomic mass is 9.85. The van der Waals surface area contributed by atoms with E-state index < -0.39 is 5.41 Å². The molecule has 134 valence electrons. The molecular weight excluding hydrogens is 330 g/mol. The fourth-order valence-electron chi connectivity index (χ4n) is 3.31. The number of aromatic amines is 1. The van der Waals surface area contributed by atoms with E-state index in [2.05, 4.69) is 33.0 Å². The lowest BCUT2D eigenvalue weighted by Gasteiger charge is -2.35. The molecule has 1 N–H and O–H groups in total. The van der Waals surface area contributed by atoms with Crippen LogP contribution in [0.15, 0.2) is 24.7 Å². The molecule has 4 heterocycles. The number of aromatic nitrogens is 5. The zero-order valence-electron chi connectivity index (χ0n) is 15.1. The van der Waals surface area contributed by atoms with E-state index in [4.69, 9.17) is 9.72 Å². The summed E-state index contributed by atoms with van der Waals surface area (Å²) in [5.74, 6) is 1.43. The number of hydrogen-bond donors (Lipinski definition) is 1. The van der Waals surface area contributed by atoms with Gasteiger partial charge in [0, 0.05) is 24.3 Å². The number of anilines is 1. The molecule has 0 aromatic carbocycles. The van der Waals surface area contributed by atoms with Crippen LogP contribution >= 0.6 is 0 Å². The van der Waals surface area contributed by atoms with Crippen molar-refractivity contribution >= 4 is 16.9 Å². The van der Waals surface area contributed by atoms with Crippen LogP contribution in [0.4, 0.5) is 5.82 Å². The zero-order chi connectivity index (χ0) is 18.3. The van der Waals surface area contributed by atoms with Gasteiger partial charge in [-0.2, -0.15) is 15.0 Å².